The van der Waals surface area contributed by atoms with Gasteiger partial charge in [0, 0.05) is 12.0 Å². The van der Waals surface area contributed by atoms with Gasteiger partial charge in [-0.25, -0.2) is 4.68 Å². The molecule has 1 aromatic carbocycles. The molecule has 4 heterocycles. The molecule has 6 nitrogen and oxygen atoms in total. The van der Waals surface area contributed by atoms with Crippen LogP contribution in [0.3, 0.4) is 0 Å². The minimum atomic E-state index is -0.334. The van der Waals surface area contributed by atoms with Crippen LogP contribution in [0, 0.1) is 6.92 Å². The number of ether oxygens (including phenoxy) is 2. The van der Waals surface area contributed by atoms with Crippen molar-refractivity contribution in [3.63, 3.8) is 0 Å². The average molecular weight is 386 g/mol. The first-order chi connectivity index (χ1) is 13.7. The second kappa shape index (κ2) is 7.75. The fourth-order valence-electron chi connectivity index (χ4n) is 5.23. The summed E-state index contributed by atoms with van der Waals surface area (Å²) in [5, 5.41) is 16.0. The first-order valence-electron chi connectivity index (χ1n) is 10.8. The largest absolute Gasteiger partial charge is 0.389 e. The molecular formula is C22H31N3O3. The standard InChI is InChI=1S/C22H31N3O3/c1-15-10-17-12-23-25(22-4-2-3-9-28-22)19(17)11-18(15)16-5-7-24(8-6-16)20-13-27-14-21(20)26/h10-12,16,20-22,26H,2-9,13-14H2,1H3/t20-,21+,22?/m0/s1. The molecule has 3 fully saturated rings. The molecule has 3 atom stereocenters. The Hall–Kier alpha value is -1.47. The number of aliphatic hydroxyl groups is 1. The van der Waals surface area contributed by atoms with Crippen LogP contribution in [0.25, 0.3) is 10.9 Å². The van der Waals surface area contributed by atoms with E-state index in [2.05, 4.69) is 33.7 Å². The van der Waals surface area contributed by atoms with Crippen molar-refractivity contribution in [3.8, 4) is 0 Å². The van der Waals surface area contributed by atoms with E-state index in [9.17, 15) is 5.11 Å². The van der Waals surface area contributed by atoms with E-state index >= 15 is 0 Å². The summed E-state index contributed by atoms with van der Waals surface area (Å²) >= 11 is 0. The molecule has 0 saturated carbocycles. The van der Waals surface area contributed by atoms with Crippen LogP contribution in [-0.4, -0.2) is 64.8 Å². The highest BCUT2D eigenvalue weighted by atomic mass is 16.5. The Morgan fingerprint density at radius 3 is 2.68 bits per heavy atom. The maximum Gasteiger partial charge on any atom is 0.150 e. The molecule has 0 radical (unpaired) electrons. The predicted molar refractivity (Wildman–Crippen MR) is 107 cm³/mol. The Balaban J connectivity index is 1.36. The van der Waals surface area contributed by atoms with Crippen molar-refractivity contribution < 1.29 is 14.6 Å². The highest BCUT2D eigenvalue weighted by Crippen LogP contribution is 2.35. The van der Waals surface area contributed by atoms with Gasteiger partial charge in [0.05, 0.1) is 37.1 Å². The molecule has 1 unspecified atom stereocenters. The van der Waals surface area contributed by atoms with Gasteiger partial charge in [0.1, 0.15) is 0 Å². The van der Waals surface area contributed by atoms with Gasteiger partial charge in [-0.3, -0.25) is 4.90 Å². The highest BCUT2D eigenvalue weighted by molar-refractivity contribution is 5.80. The van der Waals surface area contributed by atoms with Crippen molar-refractivity contribution in [1.29, 1.82) is 0 Å². The second-order valence-electron chi connectivity index (χ2n) is 8.66. The number of hydrogen-bond donors (Lipinski definition) is 1. The summed E-state index contributed by atoms with van der Waals surface area (Å²) in [5.74, 6) is 0.565. The number of rotatable bonds is 3. The number of piperidine rings is 1. The van der Waals surface area contributed by atoms with Crippen LogP contribution in [0.15, 0.2) is 18.3 Å². The van der Waals surface area contributed by atoms with Crippen molar-refractivity contribution in [3.05, 3.63) is 29.5 Å². The van der Waals surface area contributed by atoms with Crippen molar-refractivity contribution >= 4 is 10.9 Å². The van der Waals surface area contributed by atoms with Crippen LogP contribution in [0.5, 0.6) is 0 Å². The van der Waals surface area contributed by atoms with Gasteiger partial charge in [-0.1, -0.05) is 0 Å². The van der Waals surface area contributed by atoms with E-state index in [0.717, 1.165) is 45.4 Å². The van der Waals surface area contributed by atoms with Crippen LogP contribution < -0.4 is 0 Å². The molecule has 1 aromatic heterocycles. The first kappa shape index (κ1) is 18.6. The third kappa shape index (κ3) is 3.36. The summed E-state index contributed by atoms with van der Waals surface area (Å²) in [6.07, 6.45) is 7.39. The Kier molecular flexibility index (Phi) is 5.13. The van der Waals surface area contributed by atoms with E-state index in [1.54, 1.807) is 0 Å². The third-order valence-corrected chi connectivity index (χ3v) is 6.87. The van der Waals surface area contributed by atoms with Crippen LogP contribution in [-0.2, 0) is 9.47 Å². The van der Waals surface area contributed by atoms with E-state index in [1.807, 2.05) is 6.20 Å². The number of aromatic nitrogens is 2. The molecule has 0 amide bonds. The zero-order valence-corrected chi connectivity index (χ0v) is 16.7. The number of nitrogens with zero attached hydrogens (tertiary/aromatic N) is 3. The minimum Gasteiger partial charge on any atom is -0.389 e. The van der Waals surface area contributed by atoms with Gasteiger partial charge in [-0.2, -0.15) is 5.10 Å². The van der Waals surface area contributed by atoms with Gasteiger partial charge in [0.2, 0.25) is 0 Å². The average Bonchev–Trinajstić information content (AvgIpc) is 3.34. The normalized spacial score (nSPS) is 30.3. The summed E-state index contributed by atoms with van der Waals surface area (Å²) in [4.78, 5) is 2.42. The Labute approximate surface area is 166 Å². The van der Waals surface area contributed by atoms with E-state index < -0.39 is 0 Å². The van der Waals surface area contributed by atoms with Crippen molar-refractivity contribution in [2.45, 2.75) is 63.3 Å². The lowest BCUT2D eigenvalue weighted by Crippen LogP contribution is -2.46. The smallest absolute Gasteiger partial charge is 0.150 e. The van der Waals surface area contributed by atoms with Gasteiger partial charge in [0.15, 0.2) is 6.23 Å². The second-order valence-corrected chi connectivity index (χ2v) is 8.66. The minimum absolute atomic E-state index is 0.0764. The molecule has 5 rings (SSSR count). The van der Waals surface area contributed by atoms with Crippen molar-refractivity contribution in [2.75, 3.05) is 32.9 Å². The Morgan fingerprint density at radius 1 is 1.11 bits per heavy atom. The van der Waals surface area contributed by atoms with E-state index in [1.165, 1.54) is 28.5 Å². The number of aryl methyl sites for hydroxylation is 1. The topological polar surface area (TPSA) is 59.8 Å². The number of fused-ring (bicyclic) bond motifs is 1. The summed E-state index contributed by atoms with van der Waals surface area (Å²) in [7, 11) is 0. The summed E-state index contributed by atoms with van der Waals surface area (Å²) in [6.45, 7) is 6.26. The highest BCUT2D eigenvalue weighted by Gasteiger charge is 2.34. The van der Waals surface area contributed by atoms with Crippen molar-refractivity contribution in [2.24, 2.45) is 0 Å². The summed E-state index contributed by atoms with van der Waals surface area (Å²) in [5.41, 5.74) is 4.02. The van der Waals surface area contributed by atoms with Crippen LogP contribution in [0.4, 0.5) is 0 Å². The molecule has 152 valence electrons. The Morgan fingerprint density at radius 2 is 1.96 bits per heavy atom. The molecule has 0 bridgehead atoms. The molecule has 1 N–H and O–H groups in total. The van der Waals surface area contributed by atoms with E-state index in [4.69, 9.17) is 9.47 Å². The maximum absolute atomic E-state index is 10.1. The molecule has 0 spiro atoms. The molecule has 3 aliphatic heterocycles. The molecule has 28 heavy (non-hydrogen) atoms. The van der Waals surface area contributed by atoms with Crippen molar-refractivity contribution in [1.82, 2.24) is 14.7 Å². The Bertz CT molecular complexity index is 822. The van der Waals surface area contributed by atoms with Gasteiger partial charge >= 0.3 is 0 Å². The summed E-state index contributed by atoms with van der Waals surface area (Å²) < 4.78 is 13.5. The molecule has 3 saturated heterocycles. The molecule has 2 aromatic rings. The lowest BCUT2D eigenvalue weighted by Gasteiger charge is -2.37. The zero-order chi connectivity index (χ0) is 19.1. The van der Waals surface area contributed by atoms with Crippen LogP contribution in [0.1, 0.15) is 55.4 Å². The fraction of sp³-hybridized carbons (Fsp3) is 0.682. The SMILES string of the molecule is Cc1cc2cnn(C3CCCCO3)c2cc1C1CCN([C@H]2COC[C@H]2O)CC1. The lowest BCUT2D eigenvalue weighted by atomic mass is 9.85. The van der Waals surface area contributed by atoms with Gasteiger partial charge in [0.25, 0.3) is 0 Å². The van der Waals surface area contributed by atoms with Crippen LogP contribution in [0.2, 0.25) is 0 Å². The number of likely N-dealkylation sites (tertiary alicyclic amines) is 1. The van der Waals surface area contributed by atoms with Gasteiger partial charge in [-0.05, 0) is 81.3 Å². The number of aliphatic hydroxyl groups excluding tert-OH is 1. The predicted octanol–water partition coefficient (Wildman–Crippen LogP) is 2.98. The maximum atomic E-state index is 10.1. The monoisotopic (exact) mass is 385 g/mol. The van der Waals surface area contributed by atoms with E-state index in [-0.39, 0.29) is 18.4 Å². The quantitative estimate of drug-likeness (QED) is 0.880. The first-order valence-corrected chi connectivity index (χ1v) is 10.8. The van der Waals surface area contributed by atoms with E-state index in [0.29, 0.717) is 19.1 Å². The third-order valence-electron chi connectivity index (χ3n) is 6.87. The molecule has 0 aliphatic carbocycles. The fourth-order valence-corrected chi connectivity index (χ4v) is 5.23. The number of benzene rings is 1. The zero-order valence-electron chi connectivity index (χ0n) is 16.7. The van der Waals surface area contributed by atoms with Gasteiger partial charge < -0.3 is 14.6 Å². The number of hydrogen-bond acceptors (Lipinski definition) is 5. The van der Waals surface area contributed by atoms with Gasteiger partial charge in [-0.15, -0.1) is 0 Å². The lowest BCUT2D eigenvalue weighted by molar-refractivity contribution is -0.0366. The van der Waals surface area contributed by atoms with Crippen LogP contribution >= 0.6 is 0 Å². The summed E-state index contributed by atoms with van der Waals surface area (Å²) in [6, 6.07) is 4.83. The molecule has 6 heteroatoms. The molecular weight excluding hydrogens is 354 g/mol. The molecule has 3 aliphatic rings.